The second-order valence-corrected chi connectivity index (χ2v) is 17.6. The molecule has 15 nitrogen and oxygen atoms in total. The summed E-state index contributed by atoms with van der Waals surface area (Å²) in [4.78, 5) is 62.4. The van der Waals surface area contributed by atoms with Crippen LogP contribution in [0.25, 0.3) is 10.8 Å². The molecule has 3 N–H and O–H groups in total. The van der Waals surface area contributed by atoms with Crippen molar-refractivity contribution in [3.05, 3.63) is 53.6 Å². The van der Waals surface area contributed by atoms with E-state index >= 15 is 0 Å². The number of thiol groups is 1. The zero-order valence-corrected chi connectivity index (χ0v) is 35.9. The maximum Gasteiger partial charge on any atom is 0.416 e. The predicted octanol–water partition coefficient (Wildman–Crippen LogP) is 5.99. The number of ether oxygens (including phenoxy) is 4. The monoisotopic (exact) mass is 870 g/mol. The molecule has 0 bridgehead atoms. The van der Waals surface area contributed by atoms with Crippen LogP contribution in [0.5, 0.6) is 17.2 Å². The van der Waals surface area contributed by atoms with Gasteiger partial charge in [0.05, 0.1) is 36.0 Å². The van der Waals surface area contributed by atoms with Gasteiger partial charge in [0, 0.05) is 74.0 Å². The SMILES string of the molecule is COc1cc2c(cc1OCCCCCC(=O)N1C[C@@H](Cl)c3c1cc(OC(=O)N1CCN(C)CC1)c1ccccc31)N(C(=O)OCC(C)SS)C(O)[C@]1(N)CCCN1C2=O. The van der Waals surface area contributed by atoms with Crippen molar-refractivity contribution in [1.29, 1.82) is 0 Å². The first-order valence-corrected chi connectivity index (χ1v) is 22.3. The molecule has 59 heavy (non-hydrogen) atoms. The average molecular weight is 871 g/mol. The third kappa shape index (κ3) is 8.59. The second-order valence-electron chi connectivity index (χ2n) is 15.5. The Morgan fingerprint density at radius 1 is 1.00 bits per heavy atom. The Hall–Kier alpha value is -4.13. The maximum absolute atomic E-state index is 13.9. The molecule has 318 valence electrons. The van der Waals surface area contributed by atoms with Crippen LogP contribution < -0.4 is 29.7 Å². The molecule has 2 fully saturated rings. The third-order valence-electron chi connectivity index (χ3n) is 11.5. The van der Waals surface area contributed by atoms with Crippen LogP contribution in [0, 0.1) is 0 Å². The standard InChI is InChI=1S/C41H51ClN6O9S2/c1-25(59-58)24-56-40(53)48-30-21-34(33(54-3)20-28(30)37(50)47-14-9-13-41(47,43)38(48)51)55-19-8-4-5-12-35(49)46-23-29(42)36-27-11-7-6-10-26(27)32(22-31(36)46)57-39(52)45-17-15-44(2)16-18-45/h6-7,10-11,20-22,25,29,38,51,58H,4-5,8-9,12-19,23-24,43H2,1-3H3/t25?,29-,38?,41+/m1/s1. The highest BCUT2D eigenvalue weighted by molar-refractivity contribution is 8.68. The topological polar surface area (TPSA) is 168 Å². The number of carbonyl (C=O) groups excluding carboxylic acids is 4. The fourth-order valence-electron chi connectivity index (χ4n) is 8.20. The summed E-state index contributed by atoms with van der Waals surface area (Å²) in [5.74, 6) is 0.376. The molecule has 0 spiro atoms. The van der Waals surface area contributed by atoms with Crippen LogP contribution in [0.3, 0.4) is 0 Å². The highest BCUT2D eigenvalue weighted by atomic mass is 35.5. The minimum atomic E-state index is -1.60. The lowest BCUT2D eigenvalue weighted by Crippen LogP contribution is -2.66. The number of hydrogen-bond acceptors (Lipinski definition) is 13. The molecule has 0 radical (unpaired) electrons. The Morgan fingerprint density at radius 2 is 1.73 bits per heavy atom. The fourth-order valence-corrected chi connectivity index (χ4v) is 8.87. The summed E-state index contributed by atoms with van der Waals surface area (Å²) in [5.41, 5.74) is 6.83. The van der Waals surface area contributed by atoms with Crippen molar-refractivity contribution >= 4 is 80.2 Å². The summed E-state index contributed by atoms with van der Waals surface area (Å²) in [7, 11) is 4.69. The maximum atomic E-state index is 13.9. The van der Waals surface area contributed by atoms with Crippen molar-refractivity contribution in [1.82, 2.24) is 14.7 Å². The Labute approximate surface area is 357 Å². The van der Waals surface area contributed by atoms with Gasteiger partial charge in [0.25, 0.3) is 5.91 Å². The number of halogens is 1. The molecule has 7 rings (SSSR count). The number of nitrogens with zero attached hydrogens (tertiary/aromatic N) is 5. The van der Waals surface area contributed by atoms with Crippen LogP contribution in [0.15, 0.2) is 42.5 Å². The molecule has 4 aliphatic heterocycles. The van der Waals surface area contributed by atoms with Crippen molar-refractivity contribution in [2.24, 2.45) is 5.73 Å². The molecule has 2 saturated heterocycles. The van der Waals surface area contributed by atoms with Gasteiger partial charge in [-0.1, -0.05) is 35.1 Å². The summed E-state index contributed by atoms with van der Waals surface area (Å²) < 4.78 is 23.3. The number of rotatable bonds is 12. The molecule has 18 heteroatoms. The Bertz CT molecular complexity index is 2090. The lowest BCUT2D eigenvalue weighted by molar-refractivity contribution is -0.118. The number of unbranched alkanes of at least 4 members (excludes halogenated alkanes) is 2. The van der Waals surface area contributed by atoms with Crippen molar-refractivity contribution in [3.8, 4) is 17.2 Å². The Balaban J connectivity index is 1.01. The number of benzene rings is 3. The molecule has 4 heterocycles. The molecule has 0 aromatic heterocycles. The summed E-state index contributed by atoms with van der Waals surface area (Å²) in [6.07, 6.45) is 0.00715. The summed E-state index contributed by atoms with van der Waals surface area (Å²) in [6, 6.07) is 12.4. The first-order chi connectivity index (χ1) is 28.4. The zero-order valence-electron chi connectivity index (χ0n) is 33.4. The quantitative estimate of drug-likeness (QED) is 0.0843. The molecule has 3 aromatic rings. The first kappa shape index (κ1) is 43.0. The lowest BCUT2D eigenvalue weighted by Gasteiger charge is -2.40. The van der Waals surface area contributed by atoms with E-state index in [9.17, 15) is 24.3 Å². The number of likely N-dealkylation sites (N-methyl/N-ethyl adjacent to an activating group) is 1. The fraction of sp³-hybridized carbons (Fsp3) is 0.512. The lowest BCUT2D eigenvalue weighted by atomic mass is 10.0. The molecule has 0 saturated carbocycles. The van der Waals surface area contributed by atoms with Gasteiger partial charge in [0.15, 0.2) is 17.7 Å². The van der Waals surface area contributed by atoms with E-state index in [0.29, 0.717) is 63.3 Å². The minimum Gasteiger partial charge on any atom is -0.493 e. The second kappa shape index (κ2) is 18.2. The molecular formula is C41H51ClN6O9S2. The first-order valence-electron chi connectivity index (χ1n) is 19.9. The van der Waals surface area contributed by atoms with Gasteiger partial charge < -0.3 is 49.4 Å². The van der Waals surface area contributed by atoms with E-state index in [2.05, 4.69) is 16.6 Å². The number of aliphatic hydroxyl groups is 1. The number of alkyl halides is 1. The van der Waals surface area contributed by atoms with Gasteiger partial charge in [-0.2, -0.15) is 0 Å². The number of fused-ring (bicyclic) bond motifs is 5. The number of hydrogen-bond donors (Lipinski definition) is 3. The van der Waals surface area contributed by atoms with Crippen molar-refractivity contribution < 1.29 is 43.2 Å². The van der Waals surface area contributed by atoms with Crippen LogP contribution in [-0.2, 0) is 9.53 Å². The van der Waals surface area contributed by atoms with Gasteiger partial charge in [0.2, 0.25) is 5.91 Å². The van der Waals surface area contributed by atoms with E-state index in [0.717, 1.165) is 34.3 Å². The van der Waals surface area contributed by atoms with Crippen molar-refractivity contribution in [2.75, 3.05) is 76.4 Å². The van der Waals surface area contributed by atoms with E-state index < -0.39 is 35.4 Å². The molecule has 0 aliphatic carbocycles. The molecule has 4 atom stereocenters. The number of aliphatic hydroxyl groups excluding tert-OH is 1. The molecular weight excluding hydrogens is 820 g/mol. The number of methoxy groups -OCH3 is 1. The minimum absolute atomic E-state index is 0.0179. The van der Waals surface area contributed by atoms with E-state index in [4.69, 9.17) is 36.3 Å². The summed E-state index contributed by atoms with van der Waals surface area (Å²) in [6.45, 7) is 5.37. The Kier molecular flexibility index (Phi) is 13.3. The van der Waals surface area contributed by atoms with Gasteiger partial charge in [-0.25, -0.2) is 14.5 Å². The molecule has 4 aliphatic rings. The van der Waals surface area contributed by atoms with E-state index in [-0.39, 0.29) is 60.0 Å². The van der Waals surface area contributed by atoms with Gasteiger partial charge in [-0.05, 0) is 57.5 Å². The summed E-state index contributed by atoms with van der Waals surface area (Å²) in [5, 5.41) is 12.7. The summed E-state index contributed by atoms with van der Waals surface area (Å²) >= 11 is 11.1. The van der Waals surface area contributed by atoms with Crippen LogP contribution in [0.1, 0.15) is 66.7 Å². The van der Waals surface area contributed by atoms with E-state index in [1.54, 1.807) is 15.9 Å². The predicted molar refractivity (Wildman–Crippen MR) is 230 cm³/mol. The average Bonchev–Trinajstić information content (AvgIpc) is 3.79. The highest BCUT2D eigenvalue weighted by Crippen LogP contribution is 2.47. The largest absolute Gasteiger partial charge is 0.493 e. The number of anilines is 2. The number of nitrogens with two attached hydrogens (primary N) is 1. The van der Waals surface area contributed by atoms with Gasteiger partial charge in [-0.3, -0.25) is 9.59 Å². The molecule has 4 amide bonds. The highest BCUT2D eigenvalue weighted by Gasteiger charge is 2.54. The van der Waals surface area contributed by atoms with E-state index in [1.807, 2.05) is 38.2 Å². The van der Waals surface area contributed by atoms with Crippen LogP contribution in [-0.4, -0.2) is 128 Å². The van der Waals surface area contributed by atoms with Crippen molar-refractivity contribution in [3.63, 3.8) is 0 Å². The smallest absolute Gasteiger partial charge is 0.416 e. The third-order valence-corrected chi connectivity index (χ3v) is 13.4. The van der Waals surface area contributed by atoms with Gasteiger partial charge >= 0.3 is 12.2 Å². The number of carbonyl (C=O) groups is 4. The van der Waals surface area contributed by atoms with Gasteiger partial charge in [-0.15, -0.1) is 23.3 Å². The Morgan fingerprint density at radius 3 is 2.46 bits per heavy atom. The van der Waals surface area contributed by atoms with Crippen LogP contribution >= 0.6 is 34.1 Å². The van der Waals surface area contributed by atoms with Crippen LogP contribution in [0.4, 0.5) is 21.0 Å². The molecule has 2 unspecified atom stereocenters. The van der Waals surface area contributed by atoms with Crippen molar-refractivity contribution in [2.45, 2.75) is 68.0 Å². The number of piperazine rings is 1. The molecule has 3 aromatic carbocycles. The zero-order chi connectivity index (χ0) is 42.0. The number of amides is 4. The normalized spacial score (nSPS) is 22.1. The van der Waals surface area contributed by atoms with Gasteiger partial charge in [0.1, 0.15) is 18.0 Å². The van der Waals surface area contributed by atoms with E-state index in [1.165, 1.54) is 34.9 Å². The van der Waals surface area contributed by atoms with Crippen LogP contribution in [0.2, 0.25) is 0 Å².